The second-order valence-corrected chi connectivity index (χ2v) is 4.00. The van der Waals surface area contributed by atoms with Gasteiger partial charge in [0.05, 0.1) is 19.1 Å². The van der Waals surface area contributed by atoms with Crippen LogP contribution in [0.25, 0.3) is 11.2 Å². The van der Waals surface area contributed by atoms with Crippen LogP contribution < -0.4 is 15.4 Å². The number of rotatable bonds is 4. The number of fused-ring (bicyclic) bond motifs is 1. The summed E-state index contributed by atoms with van der Waals surface area (Å²) in [6.07, 6.45) is 1.59. The van der Waals surface area contributed by atoms with Crippen LogP contribution in [-0.4, -0.2) is 34.1 Å². The number of benzene rings is 1. The predicted octanol–water partition coefficient (Wildman–Crippen LogP) is 1.95. The van der Waals surface area contributed by atoms with Crippen molar-refractivity contribution in [1.29, 1.82) is 0 Å². The minimum absolute atomic E-state index is 0.454. The van der Waals surface area contributed by atoms with Crippen LogP contribution in [0.2, 0.25) is 0 Å². The molecule has 0 bridgehead atoms. The molecule has 0 atom stereocenters. The van der Waals surface area contributed by atoms with Crippen LogP contribution in [0.1, 0.15) is 0 Å². The summed E-state index contributed by atoms with van der Waals surface area (Å²) in [6, 6.07) is 8.33. The molecule has 2 heterocycles. The molecule has 101 valence electrons. The summed E-state index contributed by atoms with van der Waals surface area (Å²) < 4.78 is 5.26. The number of nitrogens with one attached hydrogen (secondary N) is 3. The summed E-state index contributed by atoms with van der Waals surface area (Å²) in [6.45, 7) is 0. The van der Waals surface area contributed by atoms with E-state index in [1.165, 1.54) is 0 Å². The van der Waals surface area contributed by atoms with Crippen LogP contribution >= 0.6 is 0 Å². The van der Waals surface area contributed by atoms with Crippen LogP contribution in [0.15, 0.2) is 24.5 Å². The van der Waals surface area contributed by atoms with Gasteiger partial charge in [0.15, 0.2) is 11.5 Å². The van der Waals surface area contributed by atoms with E-state index < -0.39 is 0 Å². The largest absolute Gasteiger partial charge is 0.495 e. The van der Waals surface area contributed by atoms with Gasteiger partial charge >= 0.3 is 0 Å². The molecule has 3 aromatic rings. The van der Waals surface area contributed by atoms with Crippen LogP contribution in [0.3, 0.4) is 0 Å². The Bertz CT molecular complexity index is 739. The number of aromatic nitrogens is 4. The Morgan fingerprint density at radius 3 is 3.05 bits per heavy atom. The monoisotopic (exact) mass is 269 g/mol. The van der Waals surface area contributed by atoms with Gasteiger partial charge in [-0.2, -0.15) is 9.97 Å². The van der Waals surface area contributed by atoms with Gasteiger partial charge < -0.3 is 20.4 Å². The molecular formula is C13H13N6O. The van der Waals surface area contributed by atoms with E-state index in [1.54, 1.807) is 32.6 Å². The molecule has 3 N–H and O–H groups in total. The Labute approximate surface area is 115 Å². The summed E-state index contributed by atoms with van der Waals surface area (Å²) >= 11 is 0. The van der Waals surface area contributed by atoms with Gasteiger partial charge in [0.1, 0.15) is 11.3 Å². The summed E-state index contributed by atoms with van der Waals surface area (Å²) in [5, 5.41) is 6.12. The van der Waals surface area contributed by atoms with E-state index in [1.807, 2.05) is 6.07 Å². The molecule has 0 unspecified atom stereocenters. The van der Waals surface area contributed by atoms with E-state index in [2.05, 4.69) is 36.6 Å². The molecule has 0 aliphatic rings. The van der Waals surface area contributed by atoms with Crippen molar-refractivity contribution >= 4 is 28.6 Å². The molecule has 7 heteroatoms. The molecule has 0 amide bonds. The number of hydrogen-bond donors (Lipinski definition) is 3. The first-order chi connectivity index (χ1) is 9.81. The maximum atomic E-state index is 5.26. The Kier molecular flexibility index (Phi) is 3.08. The molecule has 0 spiro atoms. The lowest BCUT2D eigenvalue weighted by Crippen LogP contribution is -2.03. The molecule has 1 aromatic carbocycles. The molecule has 2 aromatic heterocycles. The van der Waals surface area contributed by atoms with E-state index in [9.17, 15) is 0 Å². The van der Waals surface area contributed by atoms with E-state index in [0.717, 1.165) is 5.69 Å². The normalized spacial score (nSPS) is 10.5. The van der Waals surface area contributed by atoms with Gasteiger partial charge in [-0.15, -0.1) is 0 Å². The number of ether oxygens (including phenoxy) is 1. The third-order valence-electron chi connectivity index (χ3n) is 2.81. The van der Waals surface area contributed by atoms with Crippen molar-refractivity contribution in [3.05, 3.63) is 30.6 Å². The first-order valence-corrected chi connectivity index (χ1v) is 6.02. The molecule has 0 saturated carbocycles. The fraction of sp³-hybridized carbons (Fsp3) is 0.154. The molecule has 0 aliphatic heterocycles. The Morgan fingerprint density at radius 1 is 1.35 bits per heavy atom. The molecule has 3 rings (SSSR count). The van der Waals surface area contributed by atoms with Crippen LogP contribution in [0.5, 0.6) is 5.75 Å². The first-order valence-electron chi connectivity index (χ1n) is 6.02. The fourth-order valence-corrected chi connectivity index (χ4v) is 1.87. The van der Waals surface area contributed by atoms with Crippen molar-refractivity contribution < 1.29 is 4.74 Å². The van der Waals surface area contributed by atoms with Crippen LogP contribution in [0.4, 0.5) is 17.5 Å². The average molecular weight is 269 g/mol. The molecule has 0 saturated heterocycles. The van der Waals surface area contributed by atoms with Gasteiger partial charge in [-0.25, -0.2) is 4.98 Å². The highest BCUT2D eigenvalue weighted by Gasteiger charge is 2.10. The average Bonchev–Trinajstić information content (AvgIpc) is 2.95. The Hall–Kier alpha value is -2.83. The lowest BCUT2D eigenvalue weighted by Gasteiger charge is -2.10. The Morgan fingerprint density at radius 2 is 2.25 bits per heavy atom. The minimum Gasteiger partial charge on any atom is -0.495 e. The fourth-order valence-electron chi connectivity index (χ4n) is 1.87. The maximum Gasteiger partial charge on any atom is 0.231 e. The van der Waals surface area contributed by atoms with E-state index in [4.69, 9.17) is 4.74 Å². The molecule has 20 heavy (non-hydrogen) atoms. The third kappa shape index (κ3) is 2.09. The van der Waals surface area contributed by atoms with Gasteiger partial charge in [-0.3, -0.25) is 0 Å². The number of hydrogen-bond acceptors (Lipinski definition) is 6. The van der Waals surface area contributed by atoms with Crippen LogP contribution in [0, 0.1) is 6.07 Å². The smallest absolute Gasteiger partial charge is 0.231 e. The molecular weight excluding hydrogens is 256 g/mol. The van der Waals surface area contributed by atoms with Crippen molar-refractivity contribution in [3.8, 4) is 5.75 Å². The zero-order valence-corrected chi connectivity index (χ0v) is 11.1. The second-order valence-electron chi connectivity index (χ2n) is 4.00. The minimum atomic E-state index is 0.454. The molecule has 7 nitrogen and oxygen atoms in total. The molecule has 0 fully saturated rings. The summed E-state index contributed by atoms with van der Waals surface area (Å²) in [5.74, 6) is 1.78. The quantitative estimate of drug-likeness (QED) is 0.671. The van der Waals surface area contributed by atoms with Crippen molar-refractivity contribution in [1.82, 2.24) is 19.9 Å². The van der Waals surface area contributed by atoms with Crippen molar-refractivity contribution in [3.63, 3.8) is 0 Å². The van der Waals surface area contributed by atoms with Gasteiger partial charge in [0.2, 0.25) is 5.95 Å². The van der Waals surface area contributed by atoms with Gasteiger partial charge in [0.25, 0.3) is 0 Å². The number of anilines is 3. The van der Waals surface area contributed by atoms with Gasteiger partial charge in [-0.1, -0.05) is 6.07 Å². The highest BCUT2D eigenvalue weighted by molar-refractivity contribution is 5.84. The van der Waals surface area contributed by atoms with E-state index in [-0.39, 0.29) is 0 Å². The van der Waals surface area contributed by atoms with Crippen molar-refractivity contribution in [2.45, 2.75) is 0 Å². The van der Waals surface area contributed by atoms with Gasteiger partial charge in [0, 0.05) is 7.05 Å². The predicted molar refractivity (Wildman–Crippen MR) is 76.3 cm³/mol. The first kappa shape index (κ1) is 12.2. The van der Waals surface area contributed by atoms with Gasteiger partial charge in [-0.05, 0) is 18.2 Å². The van der Waals surface area contributed by atoms with E-state index in [0.29, 0.717) is 28.7 Å². The van der Waals surface area contributed by atoms with E-state index >= 15 is 0 Å². The topological polar surface area (TPSA) is 87.8 Å². The lowest BCUT2D eigenvalue weighted by molar-refractivity contribution is 0.416. The standard InChI is InChI=1S/C13H13N6O/c1-14-11-10-12(16-7-15-10)19-13(18-11)17-8-5-3-4-6-9(8)20-2/h3,5-7H,1-2H3,(H3,14,15,16,17,18,19). The number of aromatic amines is 1. The highest BCUT2D eigenvalue weighted by Crippen LogP contribution is 2.27. The summed E-state index contributed by atoms with van der Waals surface area (Å²) in [7, 11) is 3.39. The highest BCUT2D eigenvalue weighted by atomic mass is 16.5. The number of imidazole rings is 1. The third-order valence-corrected chi connectivity index (χ3v) is 2.81. The molecule has 1 radical (unpaired) electrons. The van der Waals surface area contributed by atoms with Crippen LogP contribution in [-0.2, 0) is 0 Å². The summed E-state index contributed by atoms with van der Waals surface area (Å²) in [4.78, 5) is 15.9. The number of H-pyrrole nitrogens is 1. The lowest BCUT2D eigenvalue weighted by atomic mass is 10.3. The van der Waals surface area contributed by atoms with Crippen molar-refractivity contribution in [2.24, 2.45) is 0 Å². The number of methoxy groups -OCH3 is 1. The number of nitrogens with zero attached hydrogens (tertiary/aromatic N) is 3. The van der Waals surface area contributed by atoms with Crippen molar-refractivity contribution in [2.75, 3.05) is 24.8 Å². The zero-order chi connectivity index (χ0) is 13.9. The Balaban J connectivity index is 2.02. The maximum absolute atomic E-state index is 5.26. The zero-order valence-electron chi connectivity index (χ0n) is 11.1. The SMILES string of the molecule is CNc1nc(Nc2cc[c]cc2OC)nc2[nH]cnc12. The second kappa shape index (κ2) is 5.04. The summed E-state index contributed by atoms with van der Waals surface area (Å²) in [5.41, 5.74) is 2.13. The molecule has 0 aliphatic carbocycles.